The molecule has 0 saturated heterocycles. The second-order valence-corrected chi connectivity index (χ2v) is 10.2. The molecule has 4 N–H and O–H groups in total. The minimum Gasteiger partial charge on any atom is -0.475 e. The molecule has 2 aromatic rings. The predicted molar refractivity (Wildman–Crippen MR) is 113 cm³/mol. The normalized spacial score (nSPS) is 22.3. The summed E-state index contributed by atoms with van der Waals surface area (Å²) in [5.74, 6) is -2.64. The molecule has 3 aliphatic rings. The van der Waals surface area contributed by atoms with Gasteiger partial charge in [-0.3, -0.25) is 0 Å². The van der Waals surface area contributed by atoms with E-state index in [-0.39, 0.29) is 23.2 Å². The number of likely N-dealkylation sites (N-methyl/N-ethyl adjacent to an activating group) is 1. The number of rotatable bonds is 3. The number of nitrogens with two attached hydrogens (primary N) is 1. The van der Waals surface area contributed by atoms with Gasteiger partial charge in [-0.25, -0.2) is 27.6 Å². The molecule has 5 rings (SSSR count). The molecule has 9 nitrogen and oxygen atoms in total. The fraction of sp³-hybridized carbons (Fsp3) is 0.500. The van der Waals surface area contributed by atoms with Gasteiger partial charge in [-0.2, -0.15) is 5.10 Å². The third kappa shape index (κ3) is 3.65. The van der Waals surface area contributed by atoms with Gasteiger partial charge in [-0.15, -0.1) is 4.36 Å². The Bertz CT molecular complexity index is 1230. The number of amides is 2. The van der Waals surface area contributed by atoms with Crippen LogP contribution in [0.2, 0.25) is 0 Å². The zero-order valence-electron chi connectivity index (χ0n) is 17.5. The highest BCUT2D eigenvalue weighted by molar-refractivity contribution is 7.91. The number of aromatic nitrogens is 2. The average Bonchev–Trinajstić information content (AvgIpc) is 3.42. The summed E-state index contributed by atoms with van der Waals surface area (Å²) in [4.78, 5) is 12.8. The average molecular weight is 467 g/mol. The molecule has 0 bridgehead atoms. The Morgan fingerprint density at radius 3 is 2.94 bits per heavy atom. The molecule has 0 spiro atoms. The fourth-order valence-electron chi connectivity index (χ4n) is 4.71. The number of ether oxygens (including phenoxy) is 1. The van der Waals surface area contributed by atoms with Crippen molar-refractivity contribution in [1.82, 2.24) is 15.1 Å². The van der Waals surface area contributed by atoms with Gasteiger partial charge in [-0.1, -0.05) is 6.07 Å². The highest BCUT2D eigenvalue weighted by Crippen LogP contribution is 2.43. The molecule has 2 unspecified atom stereocenters. The Balaban J connectivity index is 1.46. The first-order valence-corrected chi connectivity index (χ1v) is 12.0. The van der Waals surface area contributed by atoms with Gasteiger partial charge in [0.25, 0.3) is 5.92 Å². The van der Waals surface area contributed by atoms with E-state index in [4.69, 9.17) is 9.88 Å². The van der Waals surface area contributed by atoms with Crippen molar-refractivity contribution in [3.63, 3.8) is 0 Å². The monoisotopic (exact) mass is 466 g/mol. The summed E-state index contributed by atoms with van der Waals surface area (Å²) in [5.41, 5.74) is 3.13. The number of alkyl halides is 2. The molecule has 12 heteroatoms. The van der Waals surface area contributed by atoms with E-state index in [1.54, 1.807) is 7.05 Å². The third-order valence-electron chi connectivity index (χ3n) is 6.23. The van der Waals surface area contributed by atoms with E-state index in [1.807, 2.05) is 6.07 Å². The van der Waals surface area contributed by atoms with E-state index in [2.05, 4.69) is 20.1 Å². The summed E-state index contributed by atoms with van der Waals surface area (Å²) in [5, 5.41) is 15.8. The largest absolute Gasteiger partial charge is 0.475 e. The van der Waals surface area contributed by atoms with Crippen molar-refractivity contribution in [3.05, 3.63) is 34.5 Å². The van der Waals surface area contributed by atoms with Crippen LogP contribution in [0.5, 0.6) is 5.88 Å². The Kier molecular flexibility index (Phi) is 4.98. The zero-order valence-corrected chi connectivity index (χ0v) is 18.3. The van der Waals surface area contributed by atoms with E-state index in [9.17, 15) is 17.8 Å². The molecule has 2 amide bonds. The minimum atomic E-state index is -3.67. The molecular formula is C20H24F2N6O3S. The van der Waals surface area contributed by atoms with Gasteiger partial charge in [-0.05, 0) is 48.6 Å². The smallest absolute Gasteiger partial charge is 0.354 e. The van der Waals surface area contributed by atoms with Gasteiger partial charge in [0, 0.05) is 18.5 Å². The summed E-state index contributed by atoms with van der Waals surface area (Å²) in [6, 6.07) is 0.913. The predicted octanol–water partition coefficient (Wildman–Crippen LogP) is 2.02. The molecule has 1 aliphatic heterocycles. The Hall–Kier alpha value is -2.57. The molecule has 172 valence electrons. The van der Waals surface area contributed by atoms with E-state index < -0.39 is 28.3 Å². The van der Waals surface area contributed by atoms with E-state index in [1.165, 1.54) is 10.9 Å². The van der Waals surface area contributed by atoms with Gasteiger partial charge in [0.05, 0.1) is 18.8 Å². The molecule has 2 atom stereocenters. The van der Waals surface area contributed by atoms with Crippen LogP contribution in [0.3, 0.4) is 0 Å². The lowest BCUT2D eigenvalue weighted by Gasteiger charge is -2.24. The molecular weight excluding hydrogens is 442 g/mol. The van der Waals surface area contributed by atoms with Crippen LogP contribution in [0.25, 0.3) is 0 Å². The Morgan fingerprint density at radius 2 is 2.16 bits per heavy atom. The maximum atomic E-state index is 14.1. The third-order valence-corrected chi connectivity index (χ3v) is 7.58. The van der Waals surface area contributed by atoms with Crippen molar-refractivity contribution in [3.8, 4) is 5.88 Å². The van der Waals surface area contributed by atoms with E-state index in [0.717, 1.165) is 24.0 Å². The van der Waals surface area contributed by atoms with Gasteiger partial charge >= 0.3 is 6.03 Å². The molecule has 32 heavy (non-hydrogen) atoms. The number of nitrogens with one attached hydrogen (secondary N) is 2. The number of halogens is 2. The number of urea groups is 1. The topological polar surface area (TPSA) is 124 Å². The lowest BCUT2D eigenvalue weighted by molar-refractivity contribution is 0.0131. The van der Waals surface area contributed by atoms with Crippen LogP contribution in [0, 0.1) is 0 Å². The van der Waals surface area contributed by atoms with Gasteiger partial charge in [0.2, 0.25) is 5.88 Å². The van der Waals surface area contributed by atoms with E-state index in [0.29, 0.717) is 36.4 Å². The highest BCUT2D eigenvalue weighted by atomic mass is 32.2. The fourth-order valence-corrected chi connectivity index (χ4v) is 5.72. The molecule has 2 heterocycles. The Labute approximate surface area is 184 Å². The molecule has 1 aromatic heterocycles. The second-order valence-electron chi connectivity index (χ2n) is 8.47. The summed E-state index contributed by atoms with van der Waals surface area (Å²) < 4.78 is 52.1. The van der Waals surface area contributed by atoms with Crippen LogP contribution in [0.15, 0.2) is 21.5 Å². The second kappa shape index (κ2) is 7.49. The van der Waals surface area contributed by atoms with Crippen molar-refractivity contribution in [1.29, 1.82) is 0 Å². The number of carbonyl (C=O) groups excluding carboxylic acids is 1. The maximum absolute atomic E-state index is 14.1. The lowest BCUT2D eigenvalue weighted by Crippen LogP contribution is -2.40. The Morgan fingerprint density at radius 1 is 1.34 bits per heavy atom. The number of fused-ring (bicyclic) bond motifs is 3. The SMILES string of the molecule is CNC1COc2c(S(N)(=O)=NC(=O)Nc3c4c(cc5c3CC(F)(F)C5)CCC4)cnn2C1. The lowest BCUT2D eigenvalue weighted by atomic mass is 9.99. The summed E-state index contributed by atoms with van der Waals surface area (Å²) in [7, 11) is -1.87. The number of hydrogen-bond acceptors (Lipinski definition) is 5. The highest BCUT2D eigenvalue weighted by Gasteiger charge is 2.40. The number of nitrogens with zero attached hydrogens (tertiary/aromatic N) is 3. The minimum absolute atomic E-state index is 0.0252. The zero-order chi connectivity index (χ0) is 22.7. The first-order chi connectivity index (χ1) is 15.2. The van der Waals surface area contributed by atoms with Gasteiger partial charge < -0.3 is 15.4 Å². The molecule has 0 fully saturated rings. The van der Waals surface area contributed by atoms with E-state index >= 15 is 0 Å². The first-order valence-electron chi connectivity index (χ1n) is 10.4. The van der Waals surface area contributed by atoms with Gasteiger partial charge in [0.15, 0.2) is 9.92 Å². The van der Waals surface area contributed by atoms with Crippen LogP contribution < -0.4 is 20.5 Å². The first kappa shape index (κ1) is 21.3. The van der Waals surface area contributed by atoms with Crippen molar-refractivity contribution >= 4 is 21.6 Å². The number of benzene rings is 1. The molecule has 2 aliphatic carbocycles. The van der Waals surface area contributed by atoms with Crippen molar-refractivity contribution < 1.29 is 22.5 Å². The quantitative estimate of drug-likeness (QED) is 0.639. The molecule has 0 radical (unpaired) electrons. The number of anilines is 1. The summed E-state index contributed by atoms with van der Waals surface area (Å²) in [6.07, 6.45) is 2.83. The van der Waals surface area contributed by atoms with Crippen LogP contribution in [-0.2, 0) is 42.1 Å². The van der Waals surface area contributed by atoms with Crippen LogP contribution in [0.4, 0.5) is 19.3 Å². The maximum Gasteiger partial charge on any atom is 0.354 e. The molecule has 0 saturated carbocycles. The summed E-state index contributed by atoms with van der Waals surface area (Å²) >= 11 is 0. The van der Waals surface area contributed by atoms with Crippen LogP contribution in [-0.4, -0.2) is 45.6 Å². The number of aryl methyl sites for hydroxylation is 1. The van der Waals surface area contributed by atoms with Crippen molar-refractivity contribution in [2.45, 2.75) is 55.5 Å². The van der Waals surface area contributed by atoms with Crippen molar-refractivity contribution in [2.24, 2.45) is 9.50 Å². The van der Waals surface area contributed by atoms with Crippen molar-refractivity contribution in [2.75, 3.05) is 19.0 Å². The molecule has 1 aromatic carbocycles. The van der Waals surface area contributed by atoms with Crippen LogP contribution >= 0.6 is 0 Å². The number of hydrogen-bond donors (Lipinski definition) is 3. The van der Waals surface area contributed by atoms with Gasteiger partial charge in [0.1, 0.15) is 11.5 Å². The van der Waals surface area contributed by atoms with Crippen LogP contribution in [0.1, 0.15) is 28.7 Å². The number of carbonyl (C=O) groups is 1. The summed E-state index contributed by atoms with van der Waals surface area (Å²) in [6.45, 7) is 0.817. The standard InChI is InChI=1S/C20H24F2N6O3S/c1-24-13-9-28-18(31-10-13)16(8-25-28)32(23,30)27-19(29)26-17-14-4-2-3-11(14)5-12-6-20(21,22)7-15(12)17/h5,8,13,24H,2-4,6-7,9-10H2,1H3,(H3,23,26,27,29,30).